The maximum atomic E-state index is 13.3. The monoisotopic (exact) mass is 408 g/mol. The van der Waals surface area contributed by atoms with Gasteiger partial charge in [-0.05, 0) is 38.0 Å². The summed E-state index contributed by atoms with van der Waals surface area (Å²) in [6, 6.07) is 13.1. The van der Waals surface area contributed by atoms with Crippen LogP contribution in [-0.2, 0) is 4.79 Å². The Labute approximate surface area is 173 Å². The van der Waals surface area contributed by atoms with Gasteiger partial charge in [-0.2, -0.15) is 0 Å². The fourth-order valence-corrected chi connectivity index (χ4v) is 3.72. The van der Waals surface area contributed by atoms with Crippen LogP contribution in [0.1, 0.15) is 18.4 Å². The number of halogens is 2. The van der Waals surface area contributed by atoms with E-state index in [9.17, 15) is 13.6 Å². The molecule has 1 aliphatic heterocycles. The van der Waals surface area contributed by atoms with Crippen LogP contribution in [0.2, 0.25) is 0 Å². The maximum absolute atomic E-state index is 13.3. The van der Waals surface area contributed by atoms with Gasteiger partial charge >= 0.3 is 0 Å². The molecule has 1 N–H and O–H groups in total. The van der Waals surface area contributed by atoms with E-state index in [1.807, 2.05) is 31.2 Å². The number of hydrogen-bond acceptors (Lipinski definition) is 4. The van der Waals surface area contributed by atoms with Crippen LogP contribution in [0.4, 0.5) is 20.3 Å². The molecule has 0 saturated carbocycles. The molecule has 2 heterocycles. The van der Waals surface area contributed by atoms with Crippen molar-refractivity contribution in [3.05, 3.63) is 72.1 Å². The Morgan fingerprint density at radius 2 is 1.77 bits per heavy atom. The van der Waals surface area contributed by atoms with Crippen molar-refractivity contribution in [1.82, 2.24) is 9.97 Å². The first-order chi connectivity index (χ1) is 14.5. The number of aromatic nitrogens is 2. The summed E-state index contributed by atoms with van der Waals surface area (Å²) in [5, 5.41) is 2.62. The van der Waals surface area contributed by atoms with Gasteiger partial charge in [-0.1, -0.05) is 23.8 Å². The minimum atomic E-state index is -0.715. The Hall–Kier alpha value is -3.35. The van der Waals surface area contributed by atoms with E-state index in [2.05, 4.69) is 26.3 Å². The third-order valence-electron chi connectivity index (χ3n) is 5.29. The molecule has 0 atom stereocenters. The van der Waals surface area contributed by atoms with Crippen LogP contribution >= 0.6 is 0 Å². The van der Waals surface area contributed by atoms with E-state index in [1.54, 1.807) is 6.33 Å². The number of amides is 1. The molecule has 3 aromatic rings. The molecule has 5 nitrogen and oxygen atoms in total. The van der Waals surface area contributed by atoms with Gasteiger partial charge in [-0.15, -0.1) is 0 Å². The van der Waals surface area contributed by atoms with E-state index >= 15 is 0 Å². The second-order valence-electron chi connectivity index (χ2n) is 7.54. The van der Waals surface area contributed by atoms with Crippen molar-refractivity contribution in [2.45, 2.75) is 19.8 Å². The number of nitrogens with zero attached hydrogens (tertiary/aromatic N) is 3. The van der Waals surface area contributed by atoms with Crippen molar-refractivity contribution < 1.29 is 13.6 Å². The molecule has 154 valence electrons. The van der Waals surface area contributed by atoms with Crippen molar-refractivity contribution in [1.29, 1.82) is 0 Å². The van der Waals surface area contributed by atoms with Crippen LogP contribution in [0, 0.1) is 24.5 Å². The zero-order valence-electron chi connectivity index (χ0n) is 16.6. The van der Waals surface area contributed by atoms with Gasteiger partial charge < -0.3 is 10.2 Å². The topological polar surface area (TPSA) is 58.1 Å². The summed E-state index contributed by atoms with van der Waals surface area (Å²) in [4.78, 5) is 23.4. The van der Waals surface area contributed by atoms with Gasteiger partial charge in [0, 0.05) is 42.4 Å². The van der Waals surface area contributed by atoms with Crippen molar-refractivity contribution in [2.75, 3.05) is 23.3 Å². The van der Waals surface area contributed by atoms with Gasteiger partial charge in [0.2, 0.25) is 5.91 Å². The van der Waals surface area contributed by atoms with E-state index in [-0.39, 0.29) is 17.5 Å². The molecule has 7 heteroatoms. The highest BCUT2D eigenvalue weighted by atomic mass is 19.1. The SMILES string of the molecule is Cc1cccc(-c2cc(N3CCC(C(=O)Nc4cc(F)cc(F)c4)CC3)ncn2)c1. The average molecular weight is 408 g/mol. The third kappa shape index (κ3) is 4.62. The standard InChI is InChI=1S/C23H22F2N4O/c1-15-3-2-4-17(9-15)21-13-22(27-14-26-21)29-7-5-16(6-8-29)23(30)28-20-11-18(24)10-19(25)12-20/h2-4,9-14,16H,5-8H2,1H3,(H,28,30). The average Bonchev–Trinajstić information content (AvgIpc) is 2.73. The zero-order chi connectivity index (χ0) is 21.1. The number of carbonyl (C=O) groups excluding carboxylic acids is 1. The molecule has 0 bridgehead atoms. The molecule has 1 fully saturated rings. The van der Waals surface area contributed by atoms with E-state index < -0.39 is 11.6 Å². The van der Waals surface area contributed by atoms with Gasteiger partial charge in [-0.3, -0.25) is 4.79 Å². The summed E-state index contributed by atoms with van der Waals surface area (Å²) in [5.41, 5.74) is 3.20. The highest BCUT2D eigenvalue weighted by Gasteiger charge is 2.26. The normalized spacial score (nSPS) is 14.6. The van der Waals surface area contributed by atoms with Crippen LogP contribution < -0.4 is 10.2 Å². The number of anilines is 2. The molecule has 4 rings (SSSR count). The lowest BCUT2D eigenvalue weighted by molar-refractivity contribution is -0.120. The Balaban J connectivity index is 1.40. The summed E-state index contributed by atoms with van der Waals surface area (Å²) in [6.45, 7) is 3.37. The number of aryl methyl sites for hydroxylation is 1. The van der Waals surface area contributed by atoms with Crippen molar-refractivity contribution in [2.24, 2.45) is 5.92 Å². The molecule has 1 saturated heterocycles. The second kappa shape index (κ2) is 8.57. The zero-order valence-corrected chi connectivity index (χ0v) is 16.6. The molecule has 2 aromatic carbocycles. The van der Waals surface area contributed by atoms with Gasteiger partial charge in [0.15, 0.2) is 0 Å². The van der Waals surface area contributed by atoms with Crippen LogP contribution in [-0.4, -0.2) is 29.0 Å². The lowest BCUT2D eigenvalue weighted by Crippen LogP contribution is -2.38. The number of piperidine rings is 1. The summed E-state index contributed by atoms with van der Waals surface area (Å²) in [7, 11) is 0. The number of rotatable bonds is 4. The van der Waals surface area contributed by atoms with E-state index in [1.165, 1.54) is 0 Å². The molecule has 1 aromatic heterocycles. The Morgan fingerprint density at radius 1 is 1.03 bits per heavy atom. The second-order valence-corrected chi connectivity index (χ2v) is 7.54. The maximum Gasteiger partial charge on any atom is 0.227 e. The number of hydrogen-bond donors (Lipinski definition) is 1. The molecular weight excluding hydrogens is 386 g/mol. The molecule has 0 radical (unpaired) electrons. The Bertz CT molecular complexity index is 1040. The van der Waals surface area contributed by atoms with Gasteiger partial charge in [0.1, 0.15) is 23.8 Å². The molecule has 0 unspecified atom stereocenters. The summed E-state index contributed by atoms with van der Waals surface area (Å²) in [5.74, 6) is -1.04. The summed E-state index contributed by atoms with van der Waals surface area (Å²) >= 11 is 0. The number of benzene rings is 2. The molecule has 1 amide bonds. The summed E-state index contributed by atoms with van der Waals surface area (Å²) < 4.78 is 26.7. The van der Waals surface area contributed by atoms with Crippen LogP contribution in [0.15, 0.2) is 54.9 Å². The first-order valence-corrected chi connectivity index (χ1v) is 9.89. The van der Waals surface area contributed by atoms with Crippen molar-refractivity contribution in [3.63, 3.8) is 0 Å². The van der Waals surface area contributed by atoms with Crippen LogP contribution in [0.25, 0.3) is 11.3 Å². The van der Waals surface area contributed by atoms with Crippen LogP contribution in [0.3, 0.4) is 0 Å². The van der Waals surface area contributed by atoms with Crippen molar-refractivity contribution in [3.8, 4) is 11.3 Å². The lowest BCUT2D eigenvalue weighted by Gasteiger charge is -2.32. The fourth-order valence-electron chi connectivity index (χ4n) is 3.72. The van der Waals surface area contributed by atoms with Gasteiger partial charge in [-0.25, -0.2) is 18.7 Å². The quantitative estimate of drug-likeness (QED) is 0.686. The first-order valence-electron chi connectivity index (χ1n) is 9.89. The molecule has 1 aliphatic rings. The highest BCUT2D eigenvalue weighted by molar-refractivity contribution is 5.92. The first kappa shape index (κ1) is 19.9. The van der Waals surface area contributed by atoms with Crippen LogP contribution in [0.5, 0.6) is 0 Å². The van der Waals surface area contributed by atoms with Crippen molar-refractivity contribution >= 4 is 17.4 Å². The van der Waals surface area contributed by atoms with E-state index in [0.717, 1.165) is 40.8 Å². The lowest BCUT2D eigenvalue weighted by atomic mass is 9.95. The molecule has 0 spiro atoms. The third-order valence-corrected chi connectivity index (χ3v) is 5.29. The van der Waals surface area contributed by atoms with Gasteiger partial charge in [0.05, 0.1) is 5.69 Å². The molecular formula is C23H22F2N4O. The fraction of sp³-hybridized carbons (Fsp3) is 0.261. The van der Waals surface area contributed by atoms with Gasteiger partial charge in [0.25, 0.3) is 0 Å². The van der Waals surface area contributed by atoms with E-state index in [4.69, 9.17) is 0 Å². The number of carbonyl (C=O) groups is 1. The minimum absolute atomic E-state index is 0.138. The minimum Gasteiger partial charge on any atom is -0.356 e. The Morgan fingerprint density at radius 3 is 2.47 bits per heavy atom. The largest absolute Gasteiger partial charge is 0.356 e. The molecule has 0 aliphatic carbocycles. The smallest absolute Gasteiger partial charge is 0.227 e. The molecule has 30 heavy (non-hydrogen) atoms. The predicted octanol–water partition coefficient (Wildman–Crippen LogP) is 4.59. The predicted molar refractivity (Wildman–Crippen MR) is 112 cm³/mol. The van der Waals surface area contributed by atoms with E-state index in [0.29, 0.717) is 25.9 Å². The Kier molecular flexibility index (Phi) is 5.70. The summed E-state index contributed by atoms with van der Waals surface area (Å²) in [6.07, 6.45) is 2.82. The number of nitrogens with one attached hydrogen (secondary N) is 1. The highest BCUT2D eigenvalue weighted by Crippen LogP contribution is 2.26.